The third-order valence-electron chi connectivity index (χ3n) is 2.21. The second-order valence-electron chi connectivity index (χ2n) is 3.75. The minimum atomic E-state index is 0.272. The van der Waals surface area contributed by atoms with Crippen LogP contribution in [0.3, 0.4) is 0 Å². The Morgan fingerprint density at radius 2 is 1.25 bits per heavy atom. The number of methoxy groups -OCH3 is 2. The summed E-state index contributed by atoms with van der Waals surface area (Å²) in [5.74, 6) is 0. The maximum absolute atomic E-state index is 5.48. The van der Waals surface area contributed by atoms with Crippen LogP contribution >= 0.6 is 0 Å². The van der Waals surface area contributed by atoms with E-state index in [-0.39, 0.29) is 6.04 Å². The van der Waals surface area contributed by atoms with E-state index in [4.69, 9.17) is 18.9 Å². The van der Waals surface area contributed by atoms with Crippen LogP contribution in [0.2, 0.25) is 0 Å². The van der Waals surface area contributed by atoms with Gasteiger partial charge in [0.25, 0.3) is 0 Å². The molecule has 0 fully saturated rings. The molecule has 0 aliphatic carbocycles. The molecule has 0 aliphatic heterocycles. The second kappa shape index (κ2) is 11.3. The van der Waals surface area contributed by atoms with Gasteiger partial charge in [0, 0.05) is 14.2 Å². The van der Waals surface area contributed by atoms with Crippen LogP contribution in [0, 0.1) is 0 Å². The number of ether oxygens (including phenoxy) is 4. The van der Waals surface area contributed by atoms with Crippen molar-refractivity contribution in [3.63, 3.8) is 0 Å². The molecule has 0 saturated heterocycles. The zero-order valence-electron chi connectivity index (χ0n) is 10.9. The zero-order chi connectivity index (χ0) is 12.2. The maximum Gasteiger partial charge on any atom is 0.0701 e. The monoisotopic (exact) mass is 235 g/mol. The van der Waals surface area contributed by atoms with E-state index in [0.717, 1.165) is 0 Å². The molecule has 5 heteroatoms. The van der Waals surface area contributed by atoms with Crippen molar-refractivity contribution < 1.29 is 18.9 Å². The molecule has 0 spiro atoms. The van der Waals surface area contributed by atoms with E-state index in [1.165, 1.54) is 0 Å². The minimum Gasteiger partial charge on any atom is -0.382 e. The van der Waals surface area contributed by atoms with Gasteiger partial charge in [-0.05, 0) is 14.1 Å². The van der Waals surface area contributed by atoms with Crippen molar-refractivity contribution in [2.24, 2.45) is 0 Å². The summed E-state index contributed by atoms with van der Waals surface area (Å²) in [7, 11) is 7.37. The van der Waals surface area contributed by atoms with Crippen molar-refractivity contribution in [1.82, 2.24) is 4.90 Å². The molecule has 0 atom stereocenters. The van der Waals surface area contributed by atoms with Gasteiger partial charge >= 0.3 is 0 Å². The quantitative estimate of drug-likeness (QED) is 0.480. The molecule has 0 radical (unpaired) electrons. The summed E-state index contributed by atoms with van der Waals surface area (Å²) < 4.78 is 20.8. The van der Waals surface area contributed by atoms with Crippen LogP contribution in [-0.2, 0) is 18.9 Å². The SMILES string of the molecule is COCCOCC(COCCOC)N(C)C. The van der Waals surface area contributed by atoms with E-state index in [1.807, 2.05) is 14.1 Å². The number of rotatable bonds is 11. The first-order valence-corrected chi connectivity index (χ1v) is 5.52. The molecule has 0 rings (SSSR count). The molecule has 0 unspecified atom stereocenters. The largest absolute Gasteiger partial charge is 0.382 e. The highest BCUT2D eigenvalue weighted by molar-refractivity contribution is 4.64. The highest BCUT2D eigenvalue weighted by atomic mass is 16.5. The first-order chi connectivity index (χ1) is 7.72. The minimum absolute atomic E-state index is 0.272. The normalized spacial score (nSPS) is 11.6. The van der Waals surface area contributed by atoms with Gasteiger partial charge < -0.3 is 23.8 Å². The zero-order valence-corrected chi connectivity index (χ0v) is 10.9. The van der Waals surface area contributed by atoms with Crippen LogP contribution in [0.15, 0.2) is 0 Å². The van der Waals surface area contributed by atoms with Crippen LogP contribution in [0.5, 0.6) is 0 Å². The Labute approximate surface area is 98.6 Å². The van der Waals surface area contributed by atoms with Gasteiger partial charge in [0.1, 0.15) is 0 Å². The second-order valence-corrected chi connectivity index (χ2v) is 3.75. The van der Waals surface area contributed by atoms with Gasteiger partial charge in [-0.3, -0.25) is 0 Å². The van der Waals surface area contributed by atoms with Crippen LogP contribution in [0.1, 0.15) is 0 Å². The summed E-state index contributed by atoms with van der Waals surface area (Å²) in [5, 5.41) is 0. The van der Waals surface area contributed by atoms with Crippen molar-refractivity contribution in [2.45, 2.75) is 6.04 Å². The third-order valence-corrected chi connectivity index (χ3v) is 2.21. The molecule has 0 aliphatic rings. The Kier molecular flexibility index (Phi) is 11.1. The fraction of sp³-hybridized carbons (Fsp3) is 1.00. The molecule has 0 heterocycles. The smallest absolute Gasteiger partial charge is 0.0701 e. The van der Waals surface area contributed by atoms with Gasteiger partial charge in [-0.1, -0.05) is 0 Å². The van der Waals surface area contributed by atoms with E-state index in [1.54, 1.807) is 14.2 Å². The first kappa shape index (κ1) is 15.8. The Morgan fingerprint density at radius 1 is 0.812 bits per heavy atom. The number of likely N-dealkylation sites (N-methyl/N-ethyl adjacent to an activating group) is 1. The molecule has 0 amide bonds. The van der Waals surface area contributed by atoms with Crippen molar-refractivity contribution >= 4 is 0 Å². The predicted molar refractivity (Wildman–Crippen MR) is 62.9 cm³/mol. The van der Waals surface area contributed by atoms with Gasteiger partial charge in [-0.15, -0.1) is 0 Å². The summed E-state index contributed by atoms with van der Waals surface area (Å²) in [6.07, 6.45) is 0. The third kappa shape index (κ3) is 9.06. The van der Waals surface area contributed by atoms with Crippen molar-refractivity contribution in [3.05, 3.63) is 0 Å². The molecular weight excluding hydrogens is 210 g/mol. The van der Waals surface area contributed by atoms with Gasteiger partial charge in [-0.25, -0.2) is 0 Å². The number of hydrogen-bond acceptors (Lipinski definition) is 5. The Balaban J connectivity index is 3.54. The molecule has 0 aromatic rings. The fourth-order valence-electron chi connectivity index (χ4n) is 1.07. The lowest BCUT2D eigenvalue weighted by atomic mass is 10.3. The average molecular weight is 235 g/mol. The molecule has 98 valence electrons. The van der Waals surface area contributed by atoms with Gasteiger partial charge in [0.15, 0.2) is 0 Å². The lowest BCUT2D eigenvalue weighted by molar-refractivity contribution is -0.00386. The average Bonchev–Trinajstić information content (AvgIpc) is 2.26. The molecule has 16 heavy (non-hydrogen) atoms. The lowest BCUT2D eigenvalue weighted by Crippen LogP contribution is -2.37. The van der Waals surface area contributed by atoms with E-state index >= 15 is 0 Å². The highest BCUT2D eigenvalue weighted by Crippen LogP contribution is 1.96. The van der Waals surface area contributed by atoms with Crippen molar-refractivity contribution in [2.75, 3.05) is 68.0 Å². The molecule has 0 aromatic heterocycles. The molecule has 0 aromatic carbocycles. The van der Waals surface area contributed by atoms with Crippen molar-refractivity contribution in [1.29, 1.82) is 0 Å². The Bertz CT molecular complexity index is 132. The standard InChI is InChI=1S/C11H25NO4/c1-12(2)11(9-15-7-5-13-3)10-16-8-6-14-4/h11H,5-10H2,1-4H3. The topological polar surface area (TPSA) is 40.2 Å². The molecule has 0 bridgehead atoms. The molecule has 5 nitrogen and oxygen atoms in total. The molecule has 0 saturated carbocycles. The summed E-state index contributed by atoms with van der Waals surface area (Å²) in [5.41, 5.74) is 0. The van der Waals surface area contributed by atoms with Crippen molar-refractivity contribution in [3.8, 4) is 0 Å². The van der Waals surface area contributed by atoms with Gasteiger partial charge in [-0.2, -0.15) is 0 Å². The Morgan fingerprint density at radius 3 is 1.56 bits per heavy atom. The van der Waals surface area contributed by atoms with E-state index < -0.39 is 0 Å². The predicted octanol–water partition coefficient (Wildman–Crippen LogP) is 0.243. The van der Waals surface area contributed by atoms with Crippen LogP contribution in [0.4, 0.5) is 0 Å². The summed E-state index contributed by atoms with van der Waals surface area (Å²) in [4.78, 5) is 2.10. The maximum atomic E-state index is 5.48. The highest BCUT2D eigenvalue weighted by Gasteiger charge is 2.11. The van der Waals surface area contributed by atoms with E-state index in [9.17, 15) is 0 Å². The number of hydrogen-bond donors (Lipinski definition) is 0. The molecule has 0 N–H and O–H groups in total. The summed E-state index contributed by atoms with van der Waals surface area (Å²) in [6, 6.07) is 0.272. The molecular formula is C11H25NO4. The summed E-state index contributed by atoms with van der Waals surface area (Å²) in [6.45, 7) is 3.82. The van der Waals surface area contributed by atoms with Crippen LogP contribution in [-0.4, -0.2) is 78.9 Å². The van der Waals surface area contributed by atoms with Gasteiger partial charge in [0.05, 0.1) is 45.7 Å². The Hall–Kier alpha value is -0.200. The van der Waals surface area contributed by atoms with Crippen LogP contribution in [0.25, 0.3) is 0 Å². The lowest BCUT2D eigenvalue weighted by Gasteiger charge is -2.23. The van der Waals surface area contributed by atoms with Gasteiger partial charge in [0.2, 0.25) is 0 Å². The first-order valence-electron chi connectivity index (χ1n) is 5.52. The number of nitrogens with zero attached hydrogens (tertiary/aromatic N) is 1. The van der Waals surface area contributed by atoms with E-state index in [2.05, 4.69) is 4.90 Å². The fourth-order valence-corrected chi connectivity index (χ4v) is 1.07. The van der Waals surface area contributed by atoms with Crippen LogP contribution < -0.4 is 0 Å². The summed E-state index contributed by atoms with van der Waals surface area (Å²) >= 11 is 0. The van der Waals surface area contributed by atoms with E-state index in [0.29, 0.717) is 39.6 Å².